The van der Waals surface area contributed by atoms with Crippen LogP contribution >= 0.6 is 15.9 Å². The van der Waals surface area contributed by atoms with Crippen molar-refractivity contribution in [3.05, 3.63) is 28.7 Å². The van der Waals surface area contributed by atoms with Gasteiger partial charge >= 0.3 is 12.1 Å². The highest BCUT2D eigenvalue weighted by molar-refractivity contribution is 9.10. The number of carbonyl (C=O) groups excluding carboxylic acids is 1. The van der Waals surface area contributed by atoms with Crippen molar-refractivity contribution in [2.75, 3.05) is 13.1 Å². The number of likely N-dealkylation sites (tertiary alicyclic amines) is 1. The molecule has 7 heteroatoms. The van der Waals surface area contributed by atoms with E-state index in [0.29, 0.717) is 18.6 Å². The average molecular weight is 352 g/mol. The van der Waals surface area contributed by atoms with Crippen molar-refractivity contribution < 1.29 is 22.7 Å². The van der Waals surface area contributed by atoms with E-state index in [0.717, 1.165) is 9.37 Å². The Morgan fingerprint density at radius 2 is 1.75 bits per heavy atom. The van der Waals surface area contributed by atoms with Gasteiger partial charge in [-0.3, -0.25) is 4.79 Å². The summed E-state index contributed by atoms with van der Waals surface area (Å²) in [5.74, 6) is -1.09. The van der Waals surface area contributed by atoms with Crippen LogP contribution in [0.3, 0.4) is 0 Å². The molecule has 1 saturated heterocycles. The zero-order valence-electron chi connectivity index (χ0n) is 10.5. The minimum absolute atomic E-state index is 0.0690. The number of benzene rings is 1. The van der Waals surface area contributed by atoms with Crippen molar-refractivity contribution in [3.63, 3.8) is 0 Å². The maximum absolute atomic E-state index is 12.3. The molecule has 1 aliphatic rings. The molecule has 1 amide bonds. The summed E-state index contributed by atoms with van der Waals surface area (Å²) >= 11 is 3.31. The first kappa shape index (κ1) is 15.2. The standard InChI is InChI=1S/C13H13BrF3NO2/c14-9-1-3-10(4-2-9)20-11-5-7-18(8-6-11)12(19)13(15,16)17/h1-4,11H,5-8H2. The minimum atomic E-state index is -4.79. The smallest absolute Gasteiger partial charge is 0.471 e. The Hall–Kier alpha value is -1.24. The quantitative estimate of drug-likeness (QED) is 0.817. The van der Waals surface area contributed by atoms with Gasteiger partial charge in [-0.2, -0.15) is 13.2 Å². The minimum Gasteiger partial charge on any atom is -0.490 e. The molecule has 0 unspecified atom stereocenters. The molecule has 0 spiro atoms. The first-order valence-corrected chi connectivity index (χ1v) is 6.94. The van der Waals surface area contributed by atoms with Gasteiger partial charge in [-0.25, -0.2) is 0 Å². The molecule has 110 valence electrons. The number of alkyl halides is 3. The number of hydrogen-bond donors (Lipinski definition) is 0. The van der Waals surface area contributed by atoms with Crippen LogP contribution in [0.1, 0.15) is 12.8 Å². The van der Waals surface area contributed by atoms with Gasteiger partial charge in [0.05, 0.1) is 0 Å². The van der Waals surface area contributed by atoms with Crippen LogP contribution in [0, 0.1) is 0 Å². The first-order valence-electron chi connectivity index (χ1n) is 6.14. The Kier molecular flexibility index (Phi) is 4.57. The lowest BCUT2D eigenvalue weighted by atomic mass is 10.1. The van der Waals surface area contributed by atoms with Crippen LogP contribution in [0.25, 0.3) is 0 Å². The molecule has 1 fully saturated rings. The lowest BCUT2D eigenvalue weighted by Crippen LogP contribution is -2.47. The van der Waals surface area contributed by atoms with Gasteiger partial charge in [-0.1, -0.05) is 15.9 Å². The van der Waals surface area contributed by atoms with Crippen molar-refractivity contribution in [2.45, 2.75) is 25.1 Å². The van der Waals surface area contributed by atoms with E-state index >= 15 is 0 Å². The van der Waals surface area contributed by atoms with Gasteiger partial charge in [0.25, 0.3) is 0 Å². The molecular formula is C13H13BrF3NO2. The third-order valence-corrected chi connectivity index (χ3v) is 3.62. The van der Waals surface area contributed by atoms with Crippen molar-refractivity contribution >= 4 is 21.8 Å². The van der Waals surface area contributed by atoms with Crippen LogP contribution in [0.15, 0.2) is 28.7 Å². The highest BCUT2D eigenvalue weighted by Gasteiger charge is 2.43. The largest absolute Gasteiger partial charge is 0.490 e. The molecule has 3 nitrogen and oxygen atoms in total. The highest BCUT2D eigenvalue weighted by atomic mass is 79.9. The molecule has 0 N–H and O–H groups in total. The SMILES string of the molecule is O=C(N1CCC(Oc2ccc(Br)cc2)CC1)C(F)(F)F. The molecule has 1 aromatic rings. The topological polar surface area (TPSA) is 29.5 Å². The van der Waals surface area contributed by atoms with Gasteiger partial charge in [-0.15, -0.1) is 0 Å². The normalized spacial score (nSPS) is 17.1. The fourth-order valence-electron chi connectivity index (χ4n) is 2.06. The first-order chi connectivity index (χ1) is 9.36. The van der Waals surface area contributed by atoms with Crippen molar-refractivity contribution in [3.8, 4) is 5.75 Å². The predicted molar refractivity (Wildman–Crippen MR) is 70.4 cm³/mol. The average Bonchev–Trinajstić information content (AvgIpc) is 2.40. The zero-order chi connectivity index (χ0) is 14.8. The molecule has 0 bridgehead atoms. The van der Waals surface area contributed by atoms with Gasteiger partial charge in [0.1, 0.15) is 11.9 Å². The summed E-state index contributed by atoms with van der Waals surface area (Å²) in [4.78, 5) is 11.9. The number of halogens is 4. The number of hydrogen-bond acceptors (Lipinski definition) is 2. The Balaban J connectivity index is 1.85. The molecule has 0 atom stereocenters. The molecule has 0 radical (unpaired) electrons. The molecule has 1 aromatic carbocycles. The van der Waals surface area contributed by atoms with Crippen LogP contribution < -0.4 is 4.74 Å². The van der Waals surface area contributed by atoms with Gasteiger partial charge in [0.15, 0.2) is 0 Å². The lowest BCUT2D eigenvalue weighted by Gasteiger charge is -2.32. The molecule has 0 aliphatic carbocycles. The number of piperidine rings is 1. The summed E-state index contributed by atoms with van der Waals surface area (Å²) in [6, 6.07) is 7.24. The second kappa shape index (κ2) is 6.03. The van der Waals surface area contributed by atoms with Crippen LogP contribution in [-0.2, 0) is 4.79 Å². The molecule has 2 rings (SSSR count). The number of carbonyl (C=O) groups is 1. The second-order valence-corrected chi connectivity index (χ2v) is 5.48. The van der Waals surface area contributed by atoms with E-state index in [9.17, 15) is 18.0 Å². The van der Waals surface area contributed by atoms with E-state index in [1.165, 1.54) is 0 Å². The number of amides is 1. The fourth-order valence-corrected chi connectivity index (χ4v) is 2.33. The summed E-state index contributed by atoms with van der Waals surface area (Å²) in [6.07, 6.45) is -4.15. The maximum Gasteiger partial charge on any atom is 0.471 e. The maximum atomic E-state index is 12.3. The van der Waals surface area contributed by atoms with Crippen molar-refractivity contribution in [1.29, 1.82) is 0 Å². The number of nitrogens with zero attached hydrogens (tertiary/aromatic N) is 1. The Labute approximate surface area is 122 Å². The molecule has 0 aromatic heterocycles. The predicted octanol–water partition coefficient (Wildman–Crippen LogP) is 3.38. The molecule has 20 heavy (non-hydrogen) atoms. The fraction of sp³-hybridized carbons (Fsp3) is 0.462. The summed E-state index contributed by atoms with van der Waals surface area (Å²) in [7, 11) is 0. The van der Waals surface area contributed by atoms with E-state index in [-0.39, 0.29) is 19.2 Å². The Morgan fingerprint density at radius 1 is 1.20 bits per heavy atom. The van der Waals surface area contributed by atoms with Crippen molar-refractivity contribution in [1.82, 2.24) is 4.90 Å². The molecule has 0 saturated carbocycles. The van der Waals surface area contributed by atoms with Crippen LogP contribution in [0.2, 0.25) is 0 Å². The van der Waals surface area contributed by atoms with Gasteiger partial charge < -0.3 is 9.64 Å². The number of rotatable bonds is 2. The third kappa shape index (κ3) is 3.88. The summed E-state index contributed by atoms with van der Waals surface area (Å²) in [6.45, 7) is 0.138. The van der Waals surface area contributed by atoms with Gasteiger partial charge in [-0.05, 0) is 24.3 Å². The van der Waals surface area contributed by atoms with Crippen molar-refractivity contribution in [2.24, 2.45) is 0 Å². The highest BCUT2D eigenvalue weighted by Crippen LogP contribution is 2.24. The second-order valence-electron chi connectivity index (χ2n) is 4.56. The lowest BCUT2D eigenvalue weighted by molar-refractivity contribution is -0.187. The van der Waals surface area contributed by atoms with E-state index in [4.69, 9.17) is 4.74 Å². The van der Waals surface area contributed by atoms with Crippen LogP contribution in [0.4, 0.5) is 13.2 Å². The van der Waals surface area contributed by atoms with E-state index in [1.54, 1.807) is 12.1 Å². The molecule has 1 heterocycles. The third-order valence-electron chi connectivity index (χ3n) is 3.09. The molecular weight excluding hydrogens is 339 g/mol. The Bertz CT molecular complexity index is 467. The monoisotopic (exact) mass is 351 g/mol. The van der Waals surface area contributed by atoms with Crippen LogP contribution in [0.5, 0.6) is 5.75 Å². The van der Waals surface area contributed by atoms with E-state index in [1.807, 2.05) is 12.1 Å². The van der Waals surface area contributed by atoms with Gasteiger partial charge in [0, 0.05) is 30.4 Å². The van der Waals surface area contributed by atoms with E-state index < -0.39 is 12.1 Å². The zero-order valence-corrected chi connectivity index (χ0v) is 12.1. The van der Waals surface area contributed by atoms with E-state index in [2.05, 4.69) is 15.9 Å². The number of ether oxygens (including phenoxy) is 1. The summed E-state index contributed by atoms with van der Waals surface area (Å²) < 4.78 is 43.5. The van der Waals surface area contributed by atoms with Crippen LogP contribution in [-0.4, -0.2) is 36.2 Å². The van der Waals surface area contributed by atoms with Gasteiger partial charge in [0.2, 0.25) is 0 Å². The summed E-state index contributed by atoms with van der Waals surface area (Å²) in [5, 5.41) is 0. The molecule has 1 aliphatic heterocycles. The summed E-state index contributed by atoms with van der Waals surface area (Å²) in [5.41, 5.74) is 0. The Morgan fingerprint density at radius 3 is 2.25 bits per heavy atom.